The summed E-state index contributed by atoms with van der Waals surface area (Å²) in [4.78, 5) is 12.5. The molecular weight excluding hydrogens is 366 g/mol. The molecule has 0 amide bonds. The summed E-state index contributed by atoms with van der Waals surface area (Å²) in [5, 5.41) is 9.51. The summed E-state index contributed by atoms with van der Waals surface area (Å²) in [5.41, 5.74) is 3.83. The molecule has 1 aromatic heterocycles. The summed E-state index contributed by atoms with van der Waals surface area (Å²) in [6.45, 7) is 2.06. The van der Waals surface area contributed by atoms with Crippen LogP contribution in [0.3, 0.4) is 0 Å². The van der Waals surface area contributed by atoms with E-state index in [4.69, 9.17) is 0 Å². The summed E-state index contributed by atoms with van der Waals surface area (Å²) in [6.07, 6.45) is 0. The lowest BCUT2D eigenvalue weighted by molar-refractivity contribution is 0.102. The highest BCUT2D eigenvalue weighted by Crippen LogP contribution is 2.28. The minimum Gasteiger partial charge on any atom is -0.293 e. The fraction of sp³-hybridized carbons (Fsp3) is 0.0870. The van der Waals surface area contributed by atoms with Crippen molar-refractivity contribution in [2.75, 3.05) is 5.75 Å². The molecule has 0 spiro atoms. The lowest BCUT2D eigenvalue weighted by atomic mass is 10.2. The molecule has 0 unspecified atom stereocenters. The van der Waals surface area contributed by atoms with E-state index in [2.05, 4.69) is 29.3 Å². The van der Waals surface area contributed by atoms with Crippen LogP contribution in [0.25, 0.3) is 17.1 Å². The third-order valence-corrected chi connectivity index (χ3v) is 5.28. The maximum Gasteiger partial charge on any atom is 0.196 e. The Labute approximate surface area is 168 Å². The predicted molar refractivity (Wildman–Crippen MR) is 113 cm³/mol. The standard InChI is InChI=1S/C23H19N3OS/c1-17-9-8-14-20(15-17)26-22(19-12-6-3-7-13-19)24-25-23(26)28-16-21(27)18-10-4-2-5-11-18/h2-15H,16H2,1H3. The van der Waals surface area contributed by atoms with Crippen LogP contribution in [0.1, 0.15) is 15.9 Å². The Balaban J connectivity index is 1.69. The first-order valence-electron chi connectivity index (χ1n) is 9.01. The number of ketones is 1. The topological polar surface area (TPSA) is 47.8 Å². The van der Waals surface area contributed by atoms with Crippen molar-refractivity contribution in [3.63, 3.8) is 0 Å². The summed E-state index contributed by atoms with van der Waals surface area (Å²) >= 11 is 1.41. The van der Waals surface area contributed by atoms with Gasteiger partial charge in [0.2, 0.25) is 0 Å². The van der Waals surface area contributed by atoms with Gasteiger partial charge in [0, 0.05) is 16.8 Å². The number of hydrogen-bond donors (Lipinski definition) is 0. The van der Waals surface area contributed by atoms with Crippen LogP contribution < -0.4 is 0 Å². The Hall–Kier alpha value is -3.18. The maximum atomic E-state index is 12.5. The lowest BCUT2D eigenvalue weighted by Gasteiger charge is -2.11. The van der Waals surface area contributed by atoms with Crippen molar-refractivity contribution >= 4 is 17.5 Å². The van der Waals surface area contributed by atoms with Gasteiger partial charge in [0.1, 0.15) is 0 Å². The van der Waals surface area contributed by atoms with Gasteiger partial charge >= 0.3 is 0 Å². The molecule has 0 bridgehead atoms. The van der Waals surface area contributed by atoms with E-state index in [0.29, 0.717) is 16.5 Å². The van der Waals surface area contributed by atoms with Crippen LogP contribution in [0.5, 0.6) is 0 Å². The van der Waals surface area contributed by atoms with Gasteiger partial charge in [-0.1, -0.05) is 84.6 Å². The number of benzene rings is 3. The molecule has 4 aromatic rings. The second kappa shape index (κ2) is 8.23. The third-order valence-electron chi connectivity index (χ3n) is 4.35. The minimum atomic E-state index is 0.0747. The van der Waals surface area contributed by atoms with Gasteiger partial charge in [-0.25, -0.2) is 0 Å². The largest absolute Gasteiger partial charge is 0.293 e. The minimum absolute atomic E-state index is 0.0747. The van der Waals surface area contributed by atoms with Crippen molar-refractivity contribution in [2.24, 2.45) is 0 Å². The van der Waals surface area contributed by atoms with Crippen LogP contribution in [0.15, 0.2) is 90.1 Å². The SMILES string of the molecule is Cc1cccc(-n2c(SCC(=O)c3ccccc3)nnc2-c2ccccc2)c1. The molecule has 0 atom stereocenters. The zero-order chi connectivity index (χ0) is 19.3. The van der Waals surface area contributed by atoms with E-state index >= 15 is 0 Å². The average molecular weight is 385 g/mol. The highest BCUT2D eigenvalue weighted by atomic mass is 32.2. The first-order valence-corrected chi connectivity index (χ1v) is 10.00. The molecule has 138 valence electrons. The molecule has 4 rings (SSSR count). The molecule has 1 heterocycles. The fourth-order valence-corrected chi connectivity index (χ4v) is 3.82. The first kappa shape index (κ1) is 18.2. The lowest BCUT2D eigenvalue weighted by Crippen LogP contribution is -2.05. The number of aryl methyl sites for hydroxylation is 1. The summed E-state index contributed by atoms with van der Waals surface area (Å²) in [6, 6.07) is 27.5. The normalized spacial score (nSPS) is 10.8. The molecule has 0 saturated carbocycles. The molecule has 0 radical (unpaired) electrons. The second-order valence-corrected chi connectivity index (χ2v) is 7.37. The van der Waals surface area contributed by atoms with Crippen molar-refractivity contribution in [1.29, 1.82) is 0 Å². The van der Waals surface area contributed by atoms with Gasteiger partial charge in [0.05, 0.1) is 5.75 Å². The van der Waals surface area contributed by atoms with Crippen molar-refractivity contribution in [3.8, 4) is 17.1 Å². The van der Waals surface area contributed by atoms with Gasteiger partial charge in [-0.05, 0) is 24.6 Å². The number of carbonyl (C=O) groups excluding carboxylic acids is 1. The molecule has 3 aromatic carbocycles. The summed E-state index contributed by atoms with van der Waals surface area (Å²) in [7, 11) is 0. The number of hydrogen-bond acceptors (Lipinski definition) is 4. The third kappa shape index (κ3) is 3.89. The number of nitrogens with zero attached hydrogens (tertiary/aromatic N) is 3. The summed E-state index contributed by atoms with van der Waals surface area (Å²) in [5.74, 6) is 1.15. The average Bonchev–Trinajstić information content (AvgIpc) is 3.17. The zero-order valence-electron chi connectivity index (χ0n) is 15.4. The number of rotatable bonds is 6. The second-order valence-electron chi connectivity index (χ2n) is 6.42. The Morgan fingerprint density at radius 2 is 1.61 bits per heavy atom. The van der Waals surface area contributed by atoms with Gasteiger partial charge in [0.15, 0.2) is 16.8 Å². The molecular formula is C23H19N3OS. The van der Waals surface area contributed by atoms with E-state index in [1.807, 2.05) is 77.4 Å². The molecule has 0 N–H and O–H groups in total. The van der Waals surface area contributed by atoms with E-state index in [9.17, 15) is 4.79 Å². The molecule has 0 aliphatic heterocycles. The molecule has 28 heavy (non-hydrogen) atoms. The van der Waals surface area contributed by atoms with Gasteiger partial charge in [-0.2, -0.15) is 0 Å². The van der Waals surface area contributed by atoms with E-state index < -0.39 is 0 Å². The van der Waals surface area contributed by atoms with Gasteiger partial charge in [-0.15, -0.1) is 10.2 Å². The molecule has 0 aliphatic carbocycles. The van der Waals surface area contributed by atoms with E-state index in [1.165, 1.54) is 11.8 Å². The molecule has 0 fully saturated rings. The maximum absolute atomic E-state index is 12.5. The van der Waals surface area contributed by atoms with Crippen LogP contribution >= 0.6 is 11.8 Å². The number of thioether (sulfide) groups is 1. The van der Waals surface area contributed by atoms with Gasteiger partial charge in [-0.3, -0.25) is 9.36 Å². The van der Waals surface area contributed by atoms with Crippen molar-refractivity contribution in [3.05, 3.63) is 96.1 Å². The highest BCUT2D eigenvalue weighted by molar-refractivity contribution is 7.99. The molecule has 4 nitrogen and oxygen atoms in total. The number of aromatic nitrogens is 3. The Morgan fingerprint density at radius 3 is 2.32 bits per heavy atom. The van der Waals surface area contributed by atoms with Crippen LogP contribution in [-0.4, -0.2) is 26.3 Å². The molecule has 0 aliphatic rings. The number of Topliss-reactive ketones (excluding diaryl/α,β-unsaturated/α-hetero) is 1. The van der Waals surface area contributed by atoms with Crippen molar-refractivity contribution in [1.82, 2.24) is 14.8 Å². The first-order chi connectivity index (χ1) is 13.7. The Bertz CT molecular complexity index is 1090. The van der Waals surface area contributed by atoms with Crippen molar-refractivity contribution in [2.45, 2.75) is 12.1 Å². The van der Waals surface area contributed by atoms with E-state index in [0.717, 1.165) is 22.6 Å². The van der Waals surface area contributed by atoms with E-state index in [1.54, 1.807) is 0 Å². The van der Waals surface area contributed by atoms with Crippen LogP contribution in [0, 0.1) is 6.92 Å². The number of carbonyl (C=O) groups is 1. The monoisotopic (exact) mass is 385 g/mol. The van der Waals surface area contributed by atoms with Crippen molar-refractivity contribution < 1.29 is 4.79 Å². The predicted octanol–water partition coefficient (Wildman–Crippen LogP) is 5.22. The van der Waals surface area contributed by atoms with Gasteiger partial charge < -0.3 is 0 Å². The van der Waals surface area contributed by atoms with Crippen LogP contribution in [-0.2, 0) is 0 Å². The summed E-state index contributed by atoms with van der Waals surface area (Å²) < 4.78 is 2.02. The Kier molecular flexibility index (Phi) is 5.35. The highest BCUT2D eigenvalue weighted by Gasteiger charge is 2.17. The van der Waals surface area contributed by atoms with Crippen LogP contribution in [0.4, 0.5) is 0 Å². The smallest absolute Gasteiger partial charge is 0.196 e. The molecule has 5 heteroatoms. The van der Waals surface area contributed by atoms with Gasteiger partial charge in [0.25, 0.3) is 0 Å². The quantitative estimate of drug-likeness (QED) is 0.337. The van der Waals surface area contributed by atoms with E-state index in [-0.39, 0.29) is 5.78 Å². The fourth-order valence-electron chi connectivity index (χ4n) is 2.97. The Morgan fingerprint density at radius 1 is 0.893 bits per heavy atom. The van der Waals surface area contributed by atoms with Crippen LogP contribution in [0.2, 0.25) is 0 Å². The zero-order valence-corrected chi connectivity index (χ0v) is 16.3. The molecule has 0 saturated heterocycles.